The summed E-state index contributed by atoms with van der Waals surface area (Å²) in [7, 11) is 0. The van der Waals surface area contributed by atoms with Crippen molar-refractivity contribution < 1.29 is 4.57 Å². The molecule has 0 fully saturated rings. The van der Waals surface area contributed by atoms with Crippen LogP contribution in [0.3, 0.4) is 0 Å². The second kappa shape index (κ2) is 4.61. The zero-order chi connectivity index (χ0) is 12.4. The summed E-state index contributed by atoms with van der Waals surface area (Å²) in [5.74, 6) is 0. The largest absolute Gasteiger partial charge is 0.212 e. The molecule has 0 aliphatic heterocycles. The van der Waals surface area contributed by atoms with Crippen LogP contribution in [0.15, 0.2) is 66.9 Å². The van der Waals surface area contributed by atoms with Gasteiger partial charge in [0, 0.05) is 22.6 Å². The van der Waals surface area contributed by atoms with Gasteiger partial charge in [0.05, 0.1) is 0 Å². The van der Waals surface area contributed by atoms with Gasteiger partial charge < -0.3 is 0 Å². The first kappa shape index (κ1) is 11.0. The fraction of sp³-hybridized carbons (Fsp3) is 0.118. The van der Waals surface area contributed by atoms with Gasteiger partial charge in [0.15, 0.2) is 12.7 Å². The third kappa shape index (κ3) is 2.12. The van der Waals surface area contributed by atoms with E-state index >= 15 is 0 Å². The van der Waals surface area contributed by atoms with Crippen molar-refractivity contribution in [2.45, 2.75) is 13.5 Å². The number of pyridine rings is 1. The first-order chi connectivity index (χ1) is 8.83. The molecule has 0 spiro atoms. The number of aromatic nitrogens is 1. The second-order valence-corrected chi connectivity index (χ2v) is 4.69. The Bertz CT molecular complexity index is 672. The maximum Gasteiger partial charge on any atom is 0.212 e. The maximum absolute atomic E-state index is 2.32. The molecule has 0 atom stereocenters. The van der Waals surface area contributed by atoms with Crippen molar-refractivity contribution in [3.63, 3.8) is 0 Å². The molecule has 88 valence electrons. The molecule has 0 amide bonds. The molecule has 0 aliphatic rings. The summed E-state index contributed by atoms with van der Waals surface area (Å²) in [6, 6.07) is 21.4. The number of hydrogen-bond acceptors (Lipinski definition) is 0. The Balaban J connectivity index is 2.11. The Labute approximate surface area is 107 Å². The van der Waals surface area contributed by atoms with E-state index in [1.807, 2.05) is 0 Å². The molecule has 3 rings (SSSR count). The topological polar surface area (TPSA) is 3.88 Å². The molecule has 1 heterocycles. The minimum Gasteiger partial charge on any atom is -0.194 e. The van der Waals surface area contributed by atoms with Gasteiger partial charge in [0.25, 0.3) is 0 Å². The van der Waals surface area contributed by atoms with Crippen LogP contribution in [0.2, 0.25) is 0 Å². The predicted molar refractivity (Wildman–Crippen MR) is 74.4 cm³/mol. The minimum atomic E-state index is 0.920. The quantitative estimate of drug-likeness (QED) is 0.598. The lowest BCUT2D eigenvalue weighted by Gasteiger charge is -2.03. The average Bonchev–Trinajstić information content (AvgIpc) is 2.40. The summed E-state index contributed by atoms with van der Waals surface area (Å²) in [5, 5.41) is 1.30. The van der Waals surface area contributed by atoms with Crippen molar-refractivity contribution >= 4 is 10.9 Å². The molecule has 1 heteroatoms. The smallest absolute Gasteiger partial charge is 0.194 e. The van der Waals surface area contributed by atoms with E-state index in [9.17, 15) is 0 Å². The lowest BCUT2D eigenvalue weighted by Crippen LogP contribution is -2.35. The van der Waals surface area contributed by atoms with Crippen LogP contribution in [0.4, 0.5) is 0 Å². The lowest BCUT2D eigenvalue weighted by molar-refractivity contribution is -0.662. The van der Waals surface area contributed by atoms with Gasteiger partial charge in [0.2, 0.25) is 5.52 Å². The van der Waals surface area contributed by atoms with E-state index in [0.717, 1.165) is 6.54 Å². The van der Waals surface area contributed by atoms with Gasteiger partial charge in [-0.2, -0.15) is 4.57 Å². The number of benzene rings is 2. The van der Waals surface area contributed by atoms with Gasteiger partial charge in [-0.15, -0.1) is 0 Å². The van der Waals surface area contributed by atoms with Crippen LogP contribution < -0.4 is 4.57 Å². The zero-order valence-electron chi connectivity index (χ0n) is 10.5. The van der Waals surface area contributed by atoms with Crippen LogP contribution in [0, 0.1) is 6.92 Å². The fourth-order valence-corrected chi connectivity index (χ4v) is 2.38. The Morgan fingerprint density at radius 1 is 0.889 bits per heavy atom. The highest BCUT2D eigenvalue weighted by atomic mass is 14.9. The Kier molecular flexibility index (Phi) is 2.81. The molecule has 2 aromatic carbocycles. The average molecular weight is 234 g/mol. The van der Waals surface area contributed by atoms with E-state index in [0.29, 0.717) is 0 Å². The van der Waals surface area contributed by atoms with E-state index in [2.05, 4.69) is 78.4 Å². The fourth-order valence-electron chi connectivity index (χ4n) is 2.38. The summed E-state index contributed by atoms with van der Waals surface area (Å²) in [4.78, 5) is 0. The minimum absolute atomic E-state index is 0.920. The van der Waals surface area contributed by atoms with E-state index in [1.54, 1.807) is 0 Å². The van der Waals surface area contributed by atoms with Gasteiger partial charge in [-0.25, -0.2) is 0 Å². The molecule has 1 aromatic heterocycles. The van der Waals surface area contributed by atoms with E-state index in [-0.39, 0.29) is 0 Å². The molecular formula is C17H16N+. The van der Waals surface area contributed by atoms with Crippen LogP contribution in [-0.4, -0.2) is 0 Å². The molecule has 0 aliphatic carbocycles. The normalized spacial score (nSPS) is 10.7. The first-order valence-corrected chi connectivity index (χ1v) is 6.26. The summed E-state index contributed by atoms with van der Waals surface area (Å²) < 4.78 is 2.32. The van der Waals surface area contributed by atoms with Crippen LogP contribution in [0.1, 0.15) is 11.1 Å². The molecule has 0 bridgehead atoms. The molecule has 18 heavy (non-hydrogen) atoms. The number of para-hydroxylation sites is 1. The van der Waals surface area contributed by atoms with Gasteiger partial charge >= 0.3 is 0 Å². The number of aryl methyl sites for hydroxylation is 1. The molecule has 0 N–H and O–H groups in total. The molecule has 0 radical (unpaired) electrons. The molecular weight excluding hydrogens is 218 g/mol. The highest BCUT2D eigenvalue weighted by Crippen LogP contribution is 2.11. The van der Waals surface area contributed by atoms with Crippen LogP contribution >= 0.6 is 0 Å². The molecule has 0 saturated heterocycles. The van der Waals surface area contributed by atoms with E-state index < -0.39 is 0 Å². The first-order valence-electron chi connectivity index (χ1n) is 6.26. The third-order valence-electron chi connectivity index (χ3n) is 3.18. The Morgan fingerprint density at radius 3 is 2.44 bits per heavy atom. The summed E-state index contributed by atoms with van der Waals surface area (Å²) in [6.07, 6.45) is 2.22. The van der Waals surface area contributed by atoms with Crippen molar-refractivity contribution in [2.24, 2.45) is 0 Å². The lowest BCUT2D eigenvalue weighted by atomic mass is 10.1. The SMILES string of the molecule is Cc1cc2ccccc2[n+](Cc2ccccc2)c1. The summed E-state index contributed by atoms with van der Waals surface area (Å²) in [6.45, 7) is 3.07. The zero-order valence-corrected chi connectivity index (χ0v) is 10.5. The second-order valence-electron chi connectivity index (χ2n) is 4.69. The Hall–Kier alpha value is -2.15. The summed E-state index contributed by atoms with van der Waals surface area (Å²) in [5.41, 5.74) is 3.91. The van der Waals surface area contributed by atoms with Crippen LogP contribution in [0.5, 0.6) is 0 Å². The standard InChI is InChI=1S/C17H16N/c1-14-11-16-9-5-6-10-17(16)18(12-14)13-15-7-3-2-4-8-15/h2-12H,13H2,1H3/q+1. The van der Waals surface area contributed by atoms with Gasteiger partial charge in [-0.3, -0.25) is 0 Å². The highest BCUT2D eigenvalue weighted by Gasteiger charge is 2.09. The Morgan fingerprint density at radius 2 is 1.61 bits per heavy atom. The molecule has 3 aromatic rings. The summed E-state index contributed by atoms with van der Waals surface area (Å²) >= 11 is 0. The monoisotopic (exact) mass is 234 g/mol. The number of fused-ring (bicyclic) bond motifs is 1. The van der Waals surface area contributed by atoms with Crippen molar-refractivity contribution in [2.75, 3.05) is 0 Å². The van der Waals surface area contributed by atoms with Crippen molar-refractivity contribution in [3.05, 3.63) is 78.0 Å². The molecule has 0 unspecified atom stereocenters. The van der Waals surface area contributed by atoms with Gasteiger partial charge in [-0.1, -0.05) is 42.5 Å². The van der Waals surface area contributed by atoms with Crippen molar-refractivity contribution in [1.82, 2.24) is 0 Å². The van der Waals surface area contributed by atoms with Crippen LogP contribution in [-0.2, 0) is 6.54 Å². The molecule has 0 saturated carbocycles. The third-order valence-corrected chi connectivity index (χ3v) is 3.18. The number of hydrogen-bond donors (Lipinski definition) is 0. The number of rotatable bonds is 2. The van der Waals surface area contributed by atoms with E-state index in [4.69, 9.17) is 0 Å². The van der Waals surface area contributed by atoms with E-state index in [1.165, 1.54) is 22.0 Å². The maximum atomic E-state index is 2.32. The predicted octanol–water partition coefficient (Wildman–Crippen LogP) is 3.48. The van der Waals surface area contributed by atoms with Crippen molar-refractivity contribution in [3.8, 4) is 0 Å². The van der Waals surface area contributed by atoms with Gasteiger partial charge in [-0.05, 0) is 19.1 Å². The number of nitrogens with zero attached hydrogens (tertiary/aromatic N) is 1. The van der Waals surface area contributed by atoms with Crippen LogP contribution in [0.25, 0.3) is 10.9 Å². The van der Waals surface area contributed by atoms with Gasteiger partial charge in [0.1, 0.15) is 0 Å². The highest BCUT2D eigenvalue weighted by molar-refractivity contribution is 5.75. The van der Waals surface area contributed by atoms with Crippen molar-refractivity contribution in [1.29, 1.82) is 0 Å². The molecule has 1 nitrogen and oxygen atoms in total.